The number of fused-ring (bicyclic) bond motifs is 1. The van der Waals surface area contributed by atoms with Crippen LogP contribution in [0.25, 0.3) is 0 Å². The van der Waals surface area contributed by atoms with E-state index in [1.54, 1.807) is 24.3 Å². The molecule has 34 heavy (non-hydrogen) atoms. The van der Waals surface area contributed by atoms with Crippen molar-refractivity contribution in [3.8, 4) is 17.2 Å². The molecule has 1 aliphatic heterocycles. The number of amides is 1. The Bertz CT molecular complexity index is 1160. The first-order chi connectivity index (χ1) is 15.9. The number of hydrogen-bond donors (Lipinski definition) is 1. The summed E-state index contributed by atoms with van der Waals surface area (Å²) in [4.78, 5) is 23.7. The van der Waals surface area contributed by atoms with Crippen LogP contribution < -0.4 is 49.5 Å². The van der Waals surface area contributed by atoms with Crippen LogP contribution in [0.3, 0.4) is 0 Å². The third-order valence-electron chi connectivity index (χ3n) is 5.28. The van der Waals surface area contributed by atoms with Crippen molar-refractivity contribution in [1.29, 1.82) is 0 Å². The van der Waals surface area contributed by atoms with E-state index in [1.165, 1.54) is 24.3 Å². The Morgan fingerprint density at radius 1 is 1.15 bits per heavy atom. The summed E-state index contributed by atoms with van der Waals surface area (Å²) in [7, 11) is 0. The van der Waals surface area contributed by atoms with Crippen molar-refractivity contribution in [3.05, 3.63) is 88.4 Å². The number of aliphatic carboxylic acids is 1. The van der Waals surface area contributed by atoms with E-state index in [0.29, 0.717) is 23.5 Å². The molecule has 0 radical (unpaired) electrons. The first-order valence-corrected chi connectivity index (χ1v) is 10.7. The van der Waals surface area contributed by atoms with Crippen LogP contribution in [0.4, 0.5) is 4.39 Å². The van der Waals surface area contributed by atoms with Gasteiger partial charge in [-0.25, -0.2) is 4.39 Å². The van der Waals surface area contributed by atoms with Gasteiger partial charge in [-0.1, -0.05) is 41.9 Å². The van der Waals surface area contributed by atoms with Crippen LogP contribution in [-0.4, -0.2) is 24.8 Å². The van der Waals surface area contributed by atoms with Crippen molar-refractivity contribution in [2.45, 2.75) is 25.1 Å². The molecule has 0 saturated carbocycles. The number of nitrogens with one attached hydrogen (secondary N) is 1. The van der Waals surface area contributed by atoms with E-state index in [-0.39, 0.29) is 58.9 Å². The molecule has 3 aromatic carbocycles. The molecule has 2 atom stereocenters. The molecule has 9 heteroatoms. The van der Waals surface area contributed by atoms with E-state index in [4.69, 9.17) is 21.1 Å². The quantitative estimate of drug-likeness (QED) is 0.394. The van der Waals surface area contributed by atoms with Crippen molar-refractivity contribution in [3.63, 3.8) is 0 Å². The fourth-order valence-corrected chi connectivity index (χ4v) is 3.82. The van der Waals surface area contributed by atoms with Crippen LogP contribution in [-0.2, 0) is 11.2 Å². The largest absolute Gasteiger partial charge is 1.00 e. The fraction of sp³-hybridized carbons (Fsp3) is 0.200. The Morgan fingerprint density at radius 3 is 2.53 bits per heavy atom. The average Bonchev–Trinajstić information content (AvgIpc) is 2.80. The third-order valence-corrected chi connectivity index (χ3v) is 5.57. The Labute approximate surface area is 223 Å². The van der Waals surface area contributed by atoms with Crippen molar-refractivity contribution < 1.29 is 58.1 Å². The first kappa shape index (κ1) is 26.0. The fourth-order valence-electron chi connectivity index (χ4n) is 3.61. The number of carboxylic acids is 1. The molecule has 0 saturated heterocycles. The molecule has 1 N–H and O–H groups in total. The smallest absolute Gasteiger partial charge is 0.549 e. The number of carbonyl (C=O) groups is 2. The van der Waals surface area contributed by atoms with Gasteiger partial charge in [-0.2, -0.15) is 0 Å². The molecule has 2 unspecified atom stereocenters. The molecule has 0 aromatic heterocycles. The topological polar surface area (TPSA) is 87.7 Å². The van der Waals surface area contributed by atoms with E-state index in [0.717, 1.165) is 5.56 Å². The minimum absolute atomic E-state index is 0. The monoisotopic (exact) mass is 491 g/mol. The molecule has 6 nitrogen and oxygen atoms in total. The Balaban J connectivity index is 0.00000324. The molecule has 0 aliphatic carbocycles. The molecular formula is C25H20ClFNNaO5. The summed E-state index contributed by atoms with van der Waals surface area (Å²) in [5.74, 6) is -1.48. The van der Waals surface area contributed by atoms with Gasteiger partial charge in [0.15, 0.2) is 6.30 Å². The van der Waals surface area contributed by atoms with E-state index < -0.39 is 24.1 Å². The predicted octanol–water partition coefficient (Wildman–Crippen LogP) is 1.02. The molecule has 0 bridgehead atoms. The zero-order chi connectivity index (χ0) is 23.4. The molecule has 1 heterocycles. The van der Waals surface area contributed by atoms with Gasteiger partial charge in [-0.05, 0) is 42.3 Å². The van der Waals surface area contributed by atoms with Crippen LogP contribution in [0, 0.1) is 0 Å². The molecule has 4 rings (SSSR count). The molecule has 170 valence electrons. The summed E-state index contributed by atoms with van der Waals surface area (Å²) in [6, 6.07) is 18.2. The molecule has 0 spiro atoms. The normalized spacial score (nSPS) is 15.2. The minimum atomic E-state index is -1.52. The van der Waals surface area contributed by atoms with Crippen molar-refractivity contribution in [1.82, 2.24) is 5.32 Å². The Hall–Kier alpha value is -2.58. The minimum Gasteiger partial charge on any atom is -0.549 e. The predicted molar refractivity (Wildman–Crippen MR) is 118 cm³/mol. The molecule has 1 amide bonds. The average molecular weight is 492 g/mol. The van der Waals surface area contributed by atoms with Gasteiger partial charge in [0.05, 0.1) is 11.6 Å². The van der Waals surface area contributed by atoms with Gasteiger partial charge in [-0.15, -0.1) is 0 Å². The molecule has 1 aliphatic rings. The van der Waals surface area contributed by atoms with Gasteiger partial charge in [0, 0.05) is 35.5 Å². The zero-order valence-corrected chi connectivity index (χ0v) is 21.2. The zero-order valence-electron chi connectivity index (χ0n) is 18.4. The van der Waals surface area contributed by atoms with Crippen LogP contribution in [0.5, 0.6) is 17.2 Å². The Kier molecular flexibility index (Phi) is 8.97. The Morgan fingerprint density at radius 2 is 1.85 bits per heavy atom. The molecule has 3 aromatic rings. The summed E-state index contributed by atoms with van der Waals surface area (Å²) >= 11 is 6.29. The van der Waals surface area contributed by atoms with Crippen LogP contribution in [0.15, 0.2) is 66.7 Å². The van der Waals surface area contributed by atoms with Gasteiger partial charge in [0.1, 0.15) is 17.2 Å². The summed E-state index contributed by atoms with van der Waals surface area (Å²) < 4.78 is 25.6. The number of benzene rings is 3. The third kappa shape index (κ3) is 6.30. The number of carbonyl (C=O) groups excluding carboxylic acids is 2. The summed E-state index contributed by atoms with van der Waals surface area (Å²) in [5, 5.41) is 13.9. The number of rotatable bonds is 7. The van der Waals surface area contributed by atoms with Gasteiger partial charge in [0.2, 0.25) is 0 Å². The number of alkyl halides is 1. The summed E-state index contributed by atoms with van der Waals surface area (Å²) in [5.41, 5.74) is 1.50. The van der Waals surface area contributed by atoms with E-state index in [1.807, 2.05) is 18.2 Å². The van der Waals surface area contributed by atoms with Crippen LogP contribution in [0.1, 0.15) is 33.8 Å². The second-order valence-corrected chi connectivity index (χ2v) is 7.99. The van der Waals surface area contributed by atoms with Crippen molar-refractivity contribution in [2.75, 3.05) is 6.61 Å². The van der Waals surface area contributed by atoms with Gasteiger partial charge in [-0.3, -0.25) is 4.79 Å². The van der Waals surface area contributed by atoms with Gasteiger partial charge >= 0.3 is 29.6 Å². The molecule has 0 fully saturated rings. The van der Waals surface area contributed by atoms with E-state index >= 15 is 0 Å². The van der Waals surface area contributed by atoms with E-state index in [2.05, 4.69) is 5.32 Å². The molecular weight excluding hydrogens is 472 g/mol. The standard InChI is InChI=1S/C25H21ClFNO5.Na/c26-20-13-19-18(25(30)31)10-11-32-21(19)14-22(20)33-17-8-6-16(7-9-17)24(29)28-23(27)12-15-4-2-1-3-5-15;/h1-9,13-14,18,23H,10-12H2,(H,28,29)(H,30,31);/q;+1/p-1. The SMILES string of the molecule is O=C(NC(F)Cc1ccccc1)c1ccc(Oc2cc3c(cc2Cl)C(C(=O)[O-])CCO3)cc1.[Na+]. The van der Waals surface area contributed by atoms with E-state index in [9.17, 15) is 19.1 Å². The maximum Gasteiger partial charge on any atom is 1.00 e. The summed E-state index contributed by atoms with van der Waals surface area (Å²) in [6.45, 7) is 0.246. The second kappa shape index (κ2) is 11.7. The van der Waals surface area contributed by atoms with Gasteiger partial charge < -0.3 is 24.7 Å². The maximum absolute atomic E-state index is 14.2. The number of ether oxygens (including phenoxy) is 2. The maximum atomic E-state index is 14.2. The first-order valence-electron chi connectivity index (χ1n) is 10.3. The van der Waals surface area contributed by atoms with Crippen molar-refractivity contribution >= 4 is 23.5 Å². The van der Waals surface area contributed by atoms with Crippen molar-refractivity contribution in [2.24, 2.45) is 0 Å². The number of carboxylic acid groups (broad SMARTS) is 1. The summed E-state index contributed by atoms with van der Waals surface area (Å²) in [6.07, 6.45) is -1.14. The number of halogens is 2. The number of hydrogen-bond acceptors (Lipinski definition) is 5. The van der Waals surface area contributed by atoms with Gasteiger partial charge in [0.25, 0.3) is 5.91 Å². The van der Waals surface area contributed by atoms with Crippen LogP contribution >= 0.6 is 11.6 Å². The van der Waals surface area contributed by atoms with Crippen LogP contribution in [0.2, 0.25) is 5.02 Å². The second-order valence-electron chi connectivity index (χ2n) is 7.59.